The van der Waals surface area contributed by atoms with E-state index in [1.807, 2.05) is 0 Å². The average Bonchev–Trinajstić information content (AvgIpc) is 2.45. The van der Waals surface area contributed by atoms with Gasteiger partial charge in [0.05, 0.1) is 0 Å². The van der Waals surface area contributed by atoms with Crippen LogP contribution < -0.4 is 22.1 Å². The molecule has 1 rings (SSSR count). The zero-order valence-electron chi connectivity index (χ0n) is 11.2. The summed E-state index contributed by atoms with van der Waals surface area (Å²) in [5, 5.41) is 4.47. The summed E-state index contributed by atoms with van der Waals surface area (Å²) in [7, 11) is 0. The van der Waals surface area contributed by atoms with Crippen molar-refractivity contribution in [1.29, 1.82) is 0 Å². The molecule has 108 valence electrons. The molecule has 0 unspecified atom stereocenters. The van der Waals surface area contributed by atoms with Crippen molar-refractivity contribution in [2.75, 3.05) is 0 Å². The number of ketones is 2. The first-order valence-electron chi connectivity index (χ1n) is 6.02. The fourth-order valence-corrected chi connectivity index (χ4v) is 1.44. The van der Waals surface area contributed by atoms with Crippen LogP contribution in [0.5, 0.6) is 0 Å². The monoisotopic (exact) mass is 280 g/mol. The predicted molar refractivity (Wildman–Crippen MR) is 69.3 cm³/mol. The molecule has 20 heavy (non-hydrogen) atoms. The lowest BCUT2D eigenvalue weighted by Gasteiger charge is -2.20. The Labute approximate surface area is 115 Å². The van der Waals surface area contributed by atoms with Gasteiger partial charge in [0.2, 0.25) is 23.4 Å². The molecule has 6 N–H and O–H groups in total. The SMILES string of the molecule is CCC(=O)NC1=C(N)C(=O)C(NC(=O)CC)=C(N)C1=O. The van der Waals surface area contributed by atoms with Crippen LogP contribution in [-0.2, 0) is 19.2 Å². The second-order valence-corrected chi connectivity index (χ2v) is 4.04. The minimum Gasteiger partial charge on any atom is -0.394 e. The second-order valence-electron chi connectivity index (χ2n) is 4.04. The molecule has 0 spiro atoms. The third-order valence-corrected chi connectivity index (χ3v) is 2.65. The van der Waals surface area contributed by atoms with Crippen molar-refractivity contribution in [3.05, 3.63) is 22.8 Å². The number of hydrogen-bond acceptors (Lipinski definition) is 6. The zero-order valence-corrected chi connectivity index (χ0v) is 11.2. The topological polar surface area (TPSA) is 144 Å². The van der Waals surface area contributed by atoms with Crippen molar-refractivity contribution < 1.29 is 19.2 Å². The standard InChI is InChI=1S/C12H16N4O4/c1-3-5(17)15-9-7(13)12(20)10(8(14)11(9)19)16-6(18)4-2/h3-4,13-14H2,1-2H3,(H,15,17)(H,16,18). The lowest BCUT2D eigenvalue weighted by Crippen LogP contribution is -2.43. The van der Waals surface area contributed by atoms with E-state index in [2.05, 4.69) is 10.6 Å². The van der Waals surface area contributed by atoms with E-state index in [-0.39, 0.29) is 24.2 Å². The number of carbonyl (C=O) groups is 4. The van der Waals surface area contributed by atoms with E-state index in [9.17, 15) is 19.2 Å². The van der Waals surface area contributed by atoms with E-state index in [1.54, 1.807) is 13.8 Å². The Morgan fingerprint density at radius 3 is 1.40 bits per heavy atom. The van der Waals surface area contributed by atoms with Crippen molar-refractivity contribution in [1.82, 2.24) is 10.6 Å². The number of amides is 2. The minimum atomic E-state index is -0.796. The van der Waals surface area contributed by atoms with E-state index in [0.717, 1.165) is 0 Å². The molecule has 8 nitrogen and oxygen atoms in total. The van der Waals surface area contributed by atoms with Crippen molar-refractivity contribution in [3.8, 4) is 0 Å². The summed E-state index contributed by atoms with van der Waals surface area (Å²) in [6, 6.07) is 0. The Morgan fingerprint density at radius 2 is 1.15 bits per heavy atom. The fraction of sp³-hybridized carbons (Fsp3) is 0.333. The van der Waals surface area contributed by atoms with Gasteiger partial charge in [-0.25, -0.2) is 0 Å². The number of nitrogens with one attached hydrogen (secondary N) is 2. The van der Waals surface area contributed by atoms with Crippen molar-refractivity contribution in [2.24, 2.45) is 11.5 Å². The van der Waals surface area contributed by atoms with Gasteiger partial charge in [-0.2, -0.15) is 0 Å². The van der Waals surface area contributed by atoms with Crippen LogP contribution in [-0.4, -0.2) is 23.4 Å². The molecular formula is C12H16N4O4. The van der Waals surface area contributed by atoms with Crippen molar-refractivity contribution in [3.63, 3.8) is 0 Å². The molecule has 0 radical (unpaired) electrons. The summed E-state index contributed by atoms with van der Waals surface area (Å²) < 4.78 is 0. The average molecular weight is 280 g/mol. The molecule has 0 bridgehead atoms. The smallest absolute Gasteiger partial charge is 0.229 e. The number of Topliss-reactive ketones (excluding diaryl/α,β-unsaturated/α-hetero) is 2. The van der Waals surface area contributed by atoms with Crippen LogP contribution in [0.3, 0.4) is 0 Å². The van der Waals surface area contributed by atoms with Gasteiger partial charge in [0.1, 0.15) is 22.8 Å². The quantitative estimate of drug-likeness (QED) is 0.463. The number of carbonyl (C=O) groups excluding carboxylic acids is 4. The third-order valence-electron chi connectivity index (χ3n) is 2.65. The lowest BCUT2D eigenvalue weighted by molar-refractivity contribution is -0.123. The van der Waals surface area contributed by atoms with Gasteiger partial charge in [-0.3, -0.25) is 19.2 Å². The highest BCUT2D eigenvalue weighted by Crippen LogP contribution is 2.16. The Morgan fingerprint density at radius 1 is 0.850 bits per heavy atom. The molecular weight excluding hydrogens is 264 g/mol. The van der Waals surface area contributed by atoms with Crippen LogP contribution in [0.1, 0.15) is 26.7 Å². The van der Waals surface area contributed by atoms with Crippen LogP contribution in [0.25, 0.3) is 0 Å². The van der Waals surface area contributed by atoms with E-state index in [0.29, 0.717) is 0 Å². The summed E-state index contributed by atoms with van der Waals surface area (Å²) >= 11 is 0. The maximum atomic E-state index is 12.0. The summed E-state index contributed by atoms with van der Waals surface area (Å²) in [5.41, 5.74) is 9.48. The summed E-state index contributed by atoms with van der Waals surface area (Å²) in [6.45, 7) is 3.15. The van der Waals surface area contributed by atoms with Crippen molar-refractivity contribution in [2.45, 2.75) is 26.7 Å². The van der Waals surface area contributed by atoms with Crippen LogP contribution in [0, 0.1) is 0 Å². The van der Waals surface area contributed by atoms with Gasteiger partial charge in [-0.1, -0.05) is 13.8 Å². The first-order valence-corrected chi connectivity index (χ1v) is 6.02. The van der Waals surface area contributed by atoms with E-state index < -0.39 is 34.8 Å². The Kier molecular flexibility index (Phi) is 4.63. The van der Waals surface area contributed by atoms with E-state index in [1.165, 1.54) is 0 Å². The van der Waals surface area contributed by atoms with Crippen LogP contribution in [0.2, 0.25) is 0 Å². The van der Waals surface area contributed by atoms with Gasteiger partial charge < -0.3 is 22.1 Å². The van der Waals surface area contributed by atoms with Gasteiger partial charge in [0, 0.05) is 12.8 Å². The molecule has 1 aliphatic carbocycles. The molecule has 0 aromatic carbocycles. The molecule has 0 heterocycles. The molecule has 8 heteroatoms. The first kappa shape index (κ1) is 15.4. The molecule has 1 aliphatic rings. The highest BCUT2D eigenvalue weighted by atomic mass is 16.2. The molecule has 0 atom stereocenters. The fourth-order valence-electron chi connectivity index (χ4n) is 1.44. The summed E-state index contributed by atoms with van der Waals surface area (Å²) in [6.07, 6.45) is 0.225. The largest absolute Gasteiger partial charge is 0.394 e. The van der Waals surface area contributed by atoms with Gasteiger partial charge in [-0.05, 0) is 0 Å². The van der Waals surface area contributed by atoms with Crippen LogP contribution >= 0.6 is 0 Å². The highest BCUT2D eigenvalue weighted by molar-refractivity contribution is 6.25. The third kappa shape index (κ3) is 2.85. The molecule has 0 aromatic rings. The molecule has 0 saturated heterocycles. The van der Waals surface area contributed by atoms with Gasteiger partial charge in [0.25, 0.3) is 0 Å². The van der Waals surface area contributed by atoms with Crippen LogP contribution in [0.4, 0.5) is 0 Å². The molecule has 0 aromatic heterocycles. The molecule has 0 aliphatic heterocycles. The molecule has 0 saturated carbocycles. The molecule has 0 fully saturated rings. The lowest BCUT2D eigenvalue weighted by atomic mass is 9.99. The summed E-state index contributed by atoms with van der Waals surface area (Å²) in [5.74, 6) is -2.54. The maximum Gasteiger partial charge on any atom is 0.229 e. The van der Waals surface area contributed by atoms with E-state index in [4.69, 9.17) is 11.5 Å². The Hall–Kier alpha value is -2.64. The highest BCUT2D eigenvalue weighted by Gasteiger charge is 2.33. The zero-order chi connectivity index (χ0) is 15.4. The first-order chi connectivity index (χ1) is 9.33. The number of hydrogen-bond donors (Lipinski definition) is 4. The minimum absolute atomic E-state index is 0.112. The van der Waals surface area contributed by atoms with Gasteiger partial charge >= 0.3 is 0 Å². The van der Waals surface area contributed by atoms with Gasteiger partial charge in [0.15, 0.2) is 0 Å². The summed E-state index contributed by atoms with van der Waals surface area (Å²) in [4.78, 5) is 46.5. The van der Waals surface area contributed by atoms with E-state index >= 15 is 0 Å². The normalized spacial score (nSPS) is 15.5. The van der Waals surface area contributed by atoms with Crippen molar-refractivity contribution >= 4 is 23.4 Å². The van der Waals surface area contributed by atoms with Crippen LogP contribution in [0.15, 0.2) is 22.8 Å². The number of rotatable bonds is 4. The second kappa shape index (κ2) is 6.00. The Bertz CT molecular complexity index is 510. The maximum absolute atomic E-state index is 12.0. The number of nitrogens with two attached hydrogens (primary N) is 2. The predicted octanol–water partition coefficient (Wildman–Crippen LogP) is -1.47. The Balaban J connectivity index is 3.14. The van der Waals surface area contributed by atoms with Gasteiger partial charge in [-0.15, -0.1) is 0 Å². The molecule has 2 amide bonds.